The van der Waals surface area contributed by atoms with Crippen molar-refractivity contribution in [3.05, 3.63) is 87.9 Å². The van der Waals surface area contributed by atoms with Crippen LogP contribution in [0.3, 0.4) is 0 Å². The quantitative estimate of drug-likeness (QED) is 0.341. The van der Waals surface area contributed by atoms with Crippen molar-refractivity contribution < 1.29 is 0 Å². The molecule has 3 nitrogen and oxygen atoms in total. The monoisotopic (exact) mass is 425 g/mol. The van der Waals surface area contributed by atoms with Gasteiger partial charge in [0.1, 0.15) is 0 Å². The van der Waals surface area contributed by atoms with Gasteiger partial charge in [0.05, 0.1) is 32.1 Å². The van der Waals surface area contributed by atoms with E-state index < -0.39 is 0 Å². The van der Waals surface area contributed by atoms with Gasteiger partial charge in [0, 0.05) is 0 Å². The summed E-state index contributed by atoms with van der Waals surface area (Å²) in [5.41, 5.74) is 2.06. The number of para-hydroxylation sites is 3. The lowest BCUT2D eigenvalue weighted by Gasteiger charge is -2.15. The Bertz CT molecular complexity index is 863. The summed E-state index contributed by atoms with van der Waals surface area (Å²) in [6.07, 6.45) is 0. The number of benzene rings is 3. The van der Waals surface area contributed by atoms with E-state index in [4.69, 9.17) is 34.8 Å². The summed E-state index contributed by atoms with van der Waals surface area (Å²) in [6, 6.07) is 22.1. The second-order valence-corrected chi connectivity index (χ2v) is 6.34. The summed E-state index contributed by atoms with van der Waals surface area (Å²) in [5, 5.41) is 8.08. The fraction of sp³-hybridized carbons (Fsp3) is 0. The first-order chi connectivity index (χ1) is 12.1. The van der Waals surface area contributed by atoms with Crippen molar-refractivity contribution in [1.82, 2.24) is 0 Å². The zero-order valence-corrected chi connectivity index (χ0v) is 16.5. The van der Waals surface area contributed by atoms with E-state index in [1.807, 2.05) is 54.6 Å². The van der Waals surface area contributed by atoms with Crippen molar-refractivity contribution >= 4 is 70.2 Å². The van der Waals surface area contributed by atoms with Crippen LogP contribution in [0.1, 0.15) is 0 Å². The molecule has 7 heteroatoms. The Balaban J connectivity index is 0.00000243. The molecule has 0 saturated carbocycles. The molecule has 0 unspecified atom stereocenters. The Labute approximate surface area is 173 Å². The molecule has 3 aromatic rings. The number of rotatable bonds is 3. The van der Waals surface area contributed by atoms with Crippen LogP contribution in [0.15, 0.2) is 77.8 Å². The van der Waals surface area contributed by atoms with Crippen LogP contribution in [0, 0.1) is 0 Å². The molecule has 0 bridgehead atoms. The normalized spacial score (nSPS) is 9.81. The minimum absolute atomic E-state index is 0. The molecule has 0 saturated heterocycles. The van der Waals surface area contributed by atoms with Gasteiger partial charge in [0.15, 0.2) is 0 Å². The molecular weight excluding hydrogens is 412 g/mol. The van der Waals surface area contributed by atoms with Crippen LogP contribution < -0.4 is 10.6 Å². The summed E-state index contributed by atoms with van der Waals surface area (Å²) in [5.74, 6) is 0.453. The molecule has 0 aromatic heterocycles. The number of nitrogens with zero attached hydrogens (tertiary/aromatic N) is 1. The molecule has 134 valence electrons. The molecule has 0 aliphatic heterocycles. The van der Waals surface area contributed by atoms with Gasteiger partial charge in [0.25, 0.3) is 0 Å². The van der Waals surface area contributed by atoms with E-state index in [0.29, 0.717) is 26.7 Å². The lowest BCUT2D eigenvalue weighted by atomic mass is 10.3. The van der Waals surface area contributed by atoms with Crippen LogP contribution >= 0.6 is 47.2 Å². The molecule has 0 radical (unpaired) electrons. The smallest absolute Gasteiger partial charge is 0.205 e. The SMILES string of the molecule is Cl.Clc1ccccc1N=C(Nc1ccccc1Cl)Nc1ccccc1Cl. The van der Waals surface area contributed by atoms with Gasteiger partial charge in [0.2, 0.25) is 5.96 Å². The van der Waals surface area contributed by atoms with E-state index in [1.165, 1.54) is 0 Å². The zero-order chi connectivity index (χ0) is 17.6. The van der Waals surface area contributed by atoms with Crippen LogP contribution in [0.2, 0.25) is 15.1 Å². The first-order valence-corrected chi connectivity index (χ1v) is 8.63. The average Bonchev–Trinajstić information content (AvgIpc) is 2.61. The van der Waals surface area contributed by atoms with Crippen LogP contribution in [0.25, 0.3) is 0 Å². The Morgan fingerprint density at radius 2 is 1.04 bits per heavy atom. The molecule has 0 aliphatic carbocycles. The van der Waals surface area contributed by atoms with Crippen molar-refractivity contribution in [1.29, 1.82) is 0 Å². The standard InChI is InChI=1S/C19H14Cl3N3.ClH/c20-13-7-1-4-10-16(13)23-19(24-17-11-5-2-8-14(17)21)25-18-12-6-3-9-15(18)22;/h1-12H,(H2,23,24,25);1H. The Hall–Kier alpha value is -1.91. The highest BCUT2D eigenvalue weighted by atomic mass is 35.5. The van der Waals surface area contributed by atoms with Gasteiger partial charge in [-0.1, -0.05) is 71.2 Å². The second-order valence-electron chi connectivity index (χ2n) is 5.12. The Kier molecular flexibility index (Phi) is 7.61. The van der Waals surface area contributed by atoms with E-state index in [9.17, 15) is 0 Å². The molecular formula is C19H15Cl4N3. The summed E-state index contributed by atoms with van der Waals surface area (Å²) in [7, 11) is 0. The van der Waals surface area contributed by atoms with Gasteiger partial charge in [-0.15, -0.1) is 12.4 Å². The van der Waals surface area contributed by atoms with Gasteiger partial charge in [-0.3, -0.25) is 0 Å². The number of anilines is 2. The summed E-state index contributed by atoms with van der Waals surface area (Å²) in [6.45, 7) is 0. The molecule has 0 heterocycles. The molecule has 0 aliphatic rings. The minimum atomic E-state index is 0. The maximum Gasteiger partial charge on any atom is 0.205 e. The largest absolute Gasteiger partial charge is 0.324 e. The lowest BCUT2D eigenvalue weighted by Crippen LogP contribution is -2.22. The third-order valence-electron chi connectivity index (χ3n) is 3.34. The fourth-order valence-corrected chi connectivity index (χ4v) is 2.67. The van der Waals surface area contributed by atoms with Crippen molar-refractivity contribution in [2.45, 2.75) is 0 Å². The Morgan fingerprint density at radius 3 is 1.50 bits per heavy atom. The number of nitrogens with one attached hydrogen (secondary N) is 2. The van der Waals surface area contributed by atoms with Crippen molar-refractivity contribution in [3.63, 3.8) is 0 Å². The van der Waals surface area contributed by atoms with Gasteiger partial charge >= 0.3 is 0 Å². The summed E-state index contributed by atoms with van der Waals surface area (Å²) >= 11 is 18.7. The van der Waals surface area contributed by atoms with Crippen LogP contribution in [0.4, 0.5) is 17.1 Å². The van der Waals surface area contributed by atoms with Gasteiger partial charge < -0.3 is 10.6 Å². The number of aliphatic imine (C=N–C) groups is 1. The molecule has 2 N–H and O–H groups in total. The molecule has 26 heavy (non-hydrogen) atoms. The van der Waals surface area contributed by atoms with Crippen molar-refractivity contribution in [2.75, 3.05) is 10.6 Å². The summed E-state index contributed by atoms with van der Waals surface area (Å²) < 4.78 is 0. The van der Waals surface area contributed by atoms with Gasteiger partial charge in [-0.2, -0.15) is 0 Å². The number of hydrogen-bond acceptors (Lipinski definition) is 1. The molecule has 3 rings (SSSR count). The van der Waals surface area contributed by atoms with Crippen molar-refractivity contribution in [3.8, 4) is 0 Å². The first kappa shape index (κ1) is 20.4. The number of guanidine groups is 1. The third kappa shape index (κ3) is 5.29. The maximum atomic E-state index is 6.24. The predicted octanol–water partition coefficient (Wildman–Crippen LogP) is 7.28. The van der Waals surface area contributed by atoms with E-state index in [2.05, 4.69) is 15.6 Å². The topological polar surface area (TPSA) is 36.4 Å². The van der Waals surface area contributed by atoms with Gasteiger partial charge in [-0.05, 0) is 36.4 Å². The highest BCUT2D eigenvalue weighted by Crippen LogP contribution is 2.27. The van der Waals surface area contributed by atoms with Crippen LogP contribution in [-0.2, 0) is 0 Å². The molecule has 0 spiro atoms. The van der Waals surface area contributed by atoms with E-state index >= 15 is 0 Å². The van der Waals surface area contributed by atoms with E-state index in [1.54, 1.807) is 18.2 Å². The second kappa shape index (κ2) is 9.70. The Morgan fingerprint density at radius 1 is 0.615 bits per heavy atom. The first-order valence-electron chi connectivity index (χ1n) is 7.50. The lowest BCUT2D eigenvalue weighted by molar-refractivity contribution is 1.45. The summed E-state index contributed by atoms with van der Waals surface area (Å²) in [4.78, 5) is 4.58. The minimum Gasteiger partial charge on any atom is -0.324 e. The van der Waals surface area contributed by atoms with Crippen molar-refractivity contribution in [2.24, 2.45) is 4.99 Å². The molecule has 0 amide bonds. The van der Waals surface area contributed by atoms with E-state index in [-0.39, 0.29) is 12.4 Å². The van der Waals surface area contributed by atoms with Crippen LogP contribution in [-0.4, -0.2) is 5.96 Å². The average molecular weight is 427 g/mol. The number of hydrogen-bond donors (Lipinski definition) is 2. The number of halogens is 4. The highest BCUT2D eigenvalue weighted by Gasteiger charge is 2.08. The maximum absolute atomic E-state index is 6.24. The van der Waals surface area contributed by atoms with E-state index in [0.717, 1.165) is 11.4 Å². The van der Waals surface area contributed by atoms with Crippen LogP contribution in [0.5, 0.6) is 0 Å². The highest BCUT2D eigenvalue weighted by molar-refractivity contribution is 6.35. The molecule has 0 atom stereocenters. The zero-order valence-electron chi connectivity index (χ0n) is 13.4. The van der Waals surface area contributed by atoms with Gasteiger partial charge in [-0.25, -0.2) is 4.99 Å². The predicted molar refractivity (Wildman–Crippen MR) is 116 cm³/mol. The molecule has 0 fully saturated rings. The third-order valence-corrected chi connectivity index (χ3v) is 4.32. The fourth-order valence-electron chi connectivity index (χ4n) is 2.13. The molecule has 3 aromatic carbocycles.